The van der Waals surface area contributed by atoms with Gasteiger partial charge in [0.05, 0.1) is 10.8 Å². The number of sulfonamides is 1. The van der Waals surface area contributed by atoms with Crippen LogP contribution in [0.15, 0.2) is 11.0 Å². The Morgan fingerprint density at radius 3 is 2.50 bits per heavy atom. The van der Waals surface area contributed by atoms with Crippen molar-refractivity contribution < 1.29 is 22.7 Å². The molecule has 0 spiro atoms. The van der Waals surface area contributed by atoms with E-state index in [0.717, 1.165) is 4.88 Å². The maximum atomic E-state index is 14.6. The van der Waals surface area contributed by atoms with Crippen LogP contribution in [0.3, 0.4) is 0 Å². The molecule has 0 atom stereocenters. The van der Waals surface area contributed by atoms with Gasteiger partial charge in [-0.2, -0.15) is 0 Å². The summed E-state index contributed by atoms with van der Waals surface area (Å²) >= 11 is 1.38. The molecule has 0 bridgehead atoms. The van der Waals surface area contributed by atoms with Crippen molar-refractivity contribution in [2.45, 2.75) is 50.1 Å². The Balaban J connectivity index is 2.00. The van der Waals surface area contributed by atoms with E-state index in [1.807, 2.05) is 6.92 Å². The number of carbonyl (C=O) groups is 1. The smallest absolute Gasteiger partial charge is 0.306 e. The SMILES string of the molecule is Cc1cc(S(=O)(=O)NCC2(F)CCC(C(=O)O)CC2)c(C)s1. The summed E-state index contributed by atoms with van der Waals surface area (Å²) in [5, 5.41) is 8.92. The van der Waals surface area contributed by atoms with E-state index in [2.05, 4.69) is 4.72 Å². The molecule has 2 rings (SSSR count). The van der Waals surface area contributed by atoms with Gasteiger partial charge in [0, 0.05) is 16.3 Å². The molecule has 0 unspecified atom stereocenters. The lowest BCUT2D eigenvalue weighted by Crippen LogP contribution is -2.43. The summed E-state index contributed by atoms with van der Waals surface area (Å²) in [7, 11) is -3.73. The lowest BCUT2D eigenvalue weighted by molar-refractivity contribution is -0.143. The van der Waals surface area contributed by atoms with Crippen molar-refractivity contribution in [2.75, 3.05) is 6.54 Å². The number of thiophene rings is 1. The van der Waals surface area contributed by atoms with Crippen molar-refractivity contribution in [1.82, 2.24) is 4.72 Å². The predicted octanol–water partition coefficient (Wildman–Crippen LogP) is 2.63. The minimum absolute atomic E-state index is 0.0636. The Labute approximate surface area is 133 Å². The number of halogens is 1. The quantitative estimate of drug-likeness (QED) is 0.856. The van der Waals surface area contributed by atoms with Crippen LogP contribution in [0.4, 0.5) is 4.39 Å². The third-order valence-electron chi connectivity index (χ3n) is 4.09. The minimum Gasteiger partial charge on any atom is -0.481 e. The number of aryl methyl sites for hydroxylation is 2. The maximum absolute atomic E-state index is 14.6. The number of hydrogen-bond acceptors (Lipinski definition) is 4. The Bertz CT molecular complexity index is 660. The summed E-state index contributed by atoms with van der Waals surface area (Å²) in [5.74, 6) is -1.44. The van der Waals surface area contributed by atoms with Gasteiger partial charge in [0.1, 0.15) is 5.67 Å². The predicted molar refractivity (Wildman–Crippen MR) is 82.4 cm³/mol. The number of carboxylic acid groups (broad SMARTS) is 1. The first kappa shape index (κ1) is 17.4. The van der Waals surface area contributed by atoms with E-state index in [1.54, 1.807) is 13.0 Å². The molecule has 5 nitrogen and oxygen atoms in total. The van der Waals surface area contributed by atoms with Crippen molar-refractivity contribution in [1.29, 1.82) is 0 Å². The van der Waals surface area contributed by atoms with Gasteiger partial charge in [-0.05, 0) is 45.6 Å². The number of aliphatic carboxylic acids is 1. The van der Waals surface area contributed by atoms with Crippen LogP contribution in [0.1, 0.15) is 35.4 Å². The highest BCUT2D eigenvalue weighted by Crippen LogP contribution is 2.35. The van der Waals surface area contributed by atoms with Crippen LogP contribution in [0.25, 0.3) is 0 Å². The Kier molecular flexibility index (Phi) is 4.93. The van der Waals surface area contributed by atoms with Crippen molar-refractivity contribution in [3.8, 4) is 0 Å². The molecule has 1 aromatic heterocycles. The monoisotopic (exact) mass is 349 g/mol. The van der Waals surface area contributed by atoms with Crippen molar-refractivity contribution >= 4 is 27.3 Å². The van der Waals surface area contributed by atoms with E-state index in [4.69, 9.17) is 5.11 Å². The second-order valence-corrected chi connectivity index (χ2v) is 9.06. The van der Waals surface area contributed by atoms with E-state index in [0.29, 0.717) is 4.88 Å². The molecule has 0 radical (unpaired) electrons. The number of nitrogens with one attached hydrogen (secondary N) is 1. The average Bonchev–Trinajstić information content (AvgIpc) is 2.77. The topological polar surface area (TPSA) is 83.5 Å². The van der Waals surface area contributed by atoms with E-state index in [-0.39, 0.29) is 37.1 Å². The second-order valence-electron chi connectivity index (χ2n) is 5.87. The summed E-state index contributed by atoms with van der Waals surface area (Å²) in [4.78, 5) is 12.6. The highest BCUT2D eigenvalue weighted by Gasteiger charge is 2.38. The van der Waals surface area contributed by atoms with Crippen LogP contribution in [0.5, 0.6) is 0 Å². The molecule has 1 aliphatic carbocycles. The molecule has 1 fully saturated rings. The van der Waals surface area contributed by atoms with Gasteiger partial charge in [0.2, 0.25) is 10.0 Å². The Morgan fingerprint density at radius 2 is 2.05 bits per heavy atom. The summed E-state index contributed by atoms with van der Waals surface area (Å²) in [6, 6.07) is 1.58. The van der Waals surface area contributed by atoms with Crippen molar-refractivity contribution in [3.05, 3.63) is 15.8 Å². The number of hydrogen-bond donors (Lipinski definition) is 2. The van der Waals surface area contributed by atoms with Gasteiger partial charge in [-0.25, -0.2) is 17.5 Å². The van der Waals surface area contributed by atoms with Gasteiger partial charge in [-0.15, -0.1) is 11.3 Å². The molecule has 22 heavy (non-hydrogen) atoms. The fourth-order valence-corrected chi connectivity index (χ4v) is 5.40. The molecular formula is C14H20FNO4S2. The van der Waals surface area contributed by atoms with Crippen LogP contribution in [0, 0.1) is 19.8 Å². The molecule has 1 heterocycles. The summed E-state index contributed by atoms with van der Waals surface area (Å²) in [6.07, 6.45) is 0.608. The van der Waals surface area contributed by atoms with Gasteiger partial charge in [0.15, 0.2) is 0 Å². The summed E-state index contributed by atoms with van der Waals surface area (Å²) in [5.41, 5.74) is -1.67. The fourth-order valence-electron chi connectivity index (χ4n) is 2.74. The maximum Gasteiger partial charge on any atom is 0.306 e. The van der Waals surface area contributed by atoms with Gasteiger partial charge < -0.3 is 5.11 Å². The molecule has 2 N–H and O–H groups in total. The summed E-state index contributed by atoms with van der Waals surface area (Å²) < 4.78 is 41.5. The summed E-state index contributed by atoms with van der Waals surface area (Å²) in [6.45, 7) is 3.23. The normalized spacial score (nSPS) is 26.0. The van der Waals surface area contributed by atoms with Crippen molar-refractivity contribution in [3.63, 3.8) is 0 Å². The van der Waals surface area contributed by atoms with E-state index in [9.17, 15) is 17.6 Å². The molecule has 1 saturated carbocycles. The average molecular weight is 349 g/mol. The van der Waals surface area contributed by atoms with Crippen LogP contribution in [-0.2, 0) is 14.8 Å². The molecule has 1 aromatic rings. The molecule has 1 aliphatic rings. The zero-order chi connectivity index (χ0) is 16.5. The molecule has 0 amide bonds. The number of carboxylic acids is 1. The van der Waals surface area contributed by atoms with Crippen LogP contribution in [-0.4, -0.2) is 31.7 Å². The van der Waals surface area contributed by atoms with Gasteiger partial charge >= 0.3 is 5.97 Å². The Hall–Kier alpha value is -0.990. The van der Waals surface area contributed by atoms with E-state index < -0.39 is 27.6 Å². The van der Waals surface area contributed by atoms with Crippen molar-refractivity contribution in [2.24, 2.45) is 5.92 Å². The zero-order valence-electron chi connectivity index (χ0n) is 12.6. The van der Waals surface area contributed by atoms with Gasteiger partial charge in [-0.3, -0.25) is 4.79 Å². The third-order valence-corrected chi connectivity index (χ3v) is 6.72. The first-order valence-electron chi connectivity index (χ1n) is 7.11. The molecule has 8 heteroatoms. The van der Waals surface area contributed by atoms with E-state index in [1.165, 1.54) is 11.3 Å². The van der Waals surface area contributed by atoms with Gasteiger partial charge in [-0.1, -0.05) is 0 Å². The number of alkyl halides is 1. The van der Waals surface area contributed by atoms with Gasteiger partial charge in [0.25, 0.3) is 0 Å². The second kappa shape index (κ2) is 6.25. The highest BCUT2D eigenvalue weighted by molar-refractivity contribution is 7.89. The zero-order valence-corrected chi connectivity index (χ0v) is 14.2. The lowest BCUT2D eigenvalue weighted by Gasteiger charge is -2.32. The van der Waals surface area contributed by atoms with Crippen LogP contribution < -0.4 is 4.72 Å². The molecule has 124 valence electrons. The minimum atomic E-state index is -3.73. The third kappa shape index (κ3) is 3.85. The standard InChI is InChI=1S/C14H20FNO4S2/c1-9-7-12(10(2)21-9)22(19,20)16-8-14(15)5-3-11(4-6-14)13(17)18/h7,11,16H,3-6,8H2,1-2H3,(H,17,18). The van der Waals surface area contributed by atoms with E-state index >= 15 is 0 Å². The first-order chi connectivity index (χ1) is 10.1. The number of rotatable bonds is 5. The molecular weight excluding hydrogens is 329 g/mol. The first-order valence-corrected chi connectivity index (χ1v) is 9.41. The Morgan fingerprint density at radius 1 is 1.45 bits per heavy atom. The molecule has 0 saturated heterocycles. The van der Waals surface area contributed by atoms with Crippen LogP contribution in [0.2, 0.25) is 0 Å². The van der Waals surface area contributed by atoms with Crippen LogP contribution >= 0.6 is 11.3 Å². The highest BCUT2D eigenvalue weighted by atomic mass is 32.2. The fraction of sp³-hybridized carbons (Fsp3) is 0.643. The largest absolute Gasteiger partial charge is 0.481 e. The molecule has 0 aromatic carbocycles. The molecule has 0 aliphatic heterocycles. The lowest BCUT2D eigenvalue weighted by atomic mass is 9.80.